The van der Waals surface area contributed by atoms with Crippen LogP contribution >= 0.6 is 0 Å². The van der Waals surface area contributed by atoms with Crippen LogP contribution in [0.1, 0.15) is 0 Å². The minimum absolute atomic E-state index is 0. The van der Waals surface area contributed by atoms with Crippen molar-refractivity contribution in [3.05, 3.63) is 36.5 Å². The summed E-state index contributed by atoms with van der Waals surface area (Å²) in [5.41, 5.74) is 0.801. The average molecular weight is 1390 g/mol. The van der Waals surface area contributed by atoms with Gasteiger partial charge >= 0.3 is 84.0 Å². The minimum atomic E-state index is 0. The van der Waals surface area contributed by atoms with Gasteiger partial charge in [0.2, 0.25) is 0 Å². The Hall–Kier alpha value is 3.78. The smallest absolute Gasteiger partial charge is 0 e. The van der Waals surface area contributed by atoms with Gasteiger partial charge in [-0.1, -0.05) is 0 Å². The van der Waals surface area contributed by atoms with Crippen LogP contribution in [0.15, 0.2) is 29.9 Å². The van der Waals surface area contributed by atoms with Gasteiger partial charge in [-0.25, -0.2) is 0 Å². The first kappa shape index (κ1) is 36.3. The summed E-state index contributed by atoms with van der Waals surface area (Å²) in [6, 6.07) is 0. The van der Waals surface area contributed by atoms with E-state index >= 15 is 0 Å². The predicted molar refractivity (Wildman–Crippen MR) is 38.2 cm³/mol. The van der Waals surface area contributed by atoms with E-state index in [1.807, 2.05) is 33.1 Å². The van der Waals surface area contributed by atoms with Crippen LogP contribution in [-0.2, 0) is 144 Å². The summed E-state index contributed by atoms with van der Waals surface area (Å²) in [5, 5.41) is 0. The monoisotopic (exact) mass is 1390 g/mol. The fourth-order valence-electron chi connectivity index (χ4n) is 0.356. The van der Waals surface area contributed by atoms with Crippen LogP contribution in [0.4, 0.5) is 0 Å². The van der Waals surface area contributed by atoms with Gasteiger partial charge in [0.1, 0.15) is 0 Å². The number of rotatable bonds is 4. The zero-order valence-electron chi connectivity index (χ0n) is 7.40. The van der Waals surface area contributed by atoms with Crippen molar-refractivity contribution in [1.29, 1.82) is 0 Å². The maximum Gasteiger partial charge on any atom is 0 e. The Labute approximate surface area is 185 Å². The molecule has 0 bridgehead atoms. The summed E-state index contributed by atoms with van der Waals surface area (Å²) in [6.45, 7) is 5.57. The molecule has 7 heteroatoms. The number of hydrogen-bond donors (Lipinski definition) is 0. The maximum atomic E-state index is 5.57. The second-order valence-electron chi connectivity index (χ2n) is 1.49. The molecule has 0 saturated carbocycles. The van der Waals surface area contributed by atoms with E-state index in [0.717, 1.165) is 5.57 Å². The minimum Gasteiger partial charge on any atom is 0 e. The summed E-state index contributed by atoms with van der Waals surface area (Å²) in [5.74, 6) is 0. The van der Waals surface area contributed by atoms with Gasteiger partial charge in [-0.2, -0.15) is 0 Å². The van der Waals surface area contributed by atoms with Gasteiger partial charge in [0.05, 0.1) is 0 Å². The Morgan fingerprint density at radius 1 is 0.733 bits per heavy atom. The summed E-state index contributed by atoms with van der Waals surface area (Å²) in [4.78, 5) is 0. The van der Waals surface area contributed by atoms with E-state index in [0.29, 0.717) is 0 Å². The van der Waals surface area contributed by atoms with Gasteiger partial charge in [0.25, 0.3) is 0 Å². The third kappa shape index (κ3) is 31.9. The molecule has 0 aliphatic heterocycles. The quantitative estimate of drug-likeness (QED) is 0.294. The van der Waals surface area contributed by atoms with Crippen LogP contribution in [0, 0.1) is 6.58 Å². The summed E-state index contributed by atoms with van der Waals surface area (Å²) in [7, 11) is 0. The topological polar surface area (TPSA) is 0 Å². The molecule has 82 valence electrons. The molecule has 0 aromatic rings. The molecule has 0 aromatic carbocycles. The number of allylic oxidation sites excluding steroid dienone is 5. The molecule has 0 N–H and O–H groups in total. The Balaban J connectivity index is -0.0000000405. The molecule has 0 rings (SSSR count). The van der Waals surface area contributed by atoms with E-state index in [9.17, 15) is 0 Å². The fourth-order valence-corrected chi connectivity index (χ4v) is 0.921. The fraction of sp³-hybridized carbons (Fsp3) is 0. The number of hydrogen-bond acceptors (Lipinski definition) is 0. The summed E-state index contributed by atoms with van der Waals surface area (Å²) < 4.78 is 4.06. The third-order valence-electron chi connectivity index (χ3n) is 0.734. The Morgan fingerprint density at radius 3 is 1.20 bits per heavy atom. The maximum absolute atomic E-state index is 5.57. The van der Waals surface area contributed by atoms with Crippen molar-refractivity contribution in [2.45, 2.75) is 0 Å². The van der Waals surface area contributed by atoms with Crippen LogP contribution < -0.4 is 0 Å². The van der Waals surface area contributed by atoms with Gasteiger partial charge in [0.15, 0.2) is 0 Å². The van der Waals surface area contributed by atoms with Crippen molar-refractivity contribution < 1.29 is 144 Å². The SMILES string of the molecule is [CH-]=C(/C=C\[CH]=[W])/C=C\[CH]=[W].[W].[W].[W].[W].[W]. The van der Waals surface area contributed by atoms with Gasteiger partial charge < -0.3 is 0 Å². The molecule has 0 spiro atoms. The summed E-state index contributed by atoms with van der Waals surface area (Å²) in [6.07, 6.45) is 7.69. The van der Waals surface area contributed by atoms with Gasteiger partial charge in [-0.3, -0.25) is 0 Å². The first-order valence-corrected chi connectivity index (χ1v) is 6.06. The molecular weight excluding hydrogens is 1380 g/mol. The first-order chi connectivity index (χ1) is 4.81. The third-order valence-corrected chi connectivity index (χ3v) is 1.86. The zero-order chi connectivity index (χ0) is 7.82. The van der Waals surface area contributed by atoms with E-state index < -0.39 is 0 Å². The van der Waals surface area contributed by atoms with Gasteiger partial charge in [-0.15, -0.1) is 0 Å². The van der Waals surface area contributed by atoms with Crippen LogP contribution in [-0.4, -0.2) is 8.80 Å². The normalized spacial score (nSPS) is 6.93. The van der Waals surface area contributed by atoms with Crippen molar-refractivity contribution in [2.24, 2.45) is 0 Å². The summed E-state index contributed by atoms with van der Waals surface area (Å²) >= 11 is 2.88. The zero-order valence-corrected chi connectivity index (χ0v) is 27.9. The van der Waals surface area contributed by atoms with Crippen LogP contribution in [0.3, 0.4) is 0 Å². The molecule has 0 unspecified atom stereocenters. The molecule has 0 aromatic heterocycles. The van der Waals surface area contributed by atoms with Gasteiger partial charge in [0, 0.05) is 105 Å². The second-order valence-corrected chi connectivity index (χ2v) is 3.45. The molecule has 0 fully saturated rings. The van der Waals surface area contributed by atoms with Crippen molar-refractivity contribution in [3.8, 4) is 0 Å². The van der Waals surface area contributed by atoms with Crippen LogP contribution in [0.2, 0.25) is 0 Å². The second kappa shape index (κ2) is 30.7. The van der Waals surface area contributed by atoms with Crippen LogP contribution in [0.5, 0.6) is 0 Å². The Kier molecular flexibility index (Phi) is 74.3. The molecule has 0 amide bonds. The van der Waals surface area contributed by atoms with E-state index in [4.69, 9.17) is 6.58 Å². The molecule has 0 radical (unpaired) electrons. The average Bonchev–Trinajstić information content (AvgIpc) is 1.97. The van der Waals surface area contributed by atoms with Crippen molar-refractivity contribution >= 4 is 8.80 Å². The molecule has 0 atom stereocenters. The van der Waals surface area contributed by atoms with E-state index in [1.165, 1.54) is 38.7 Å². The van der Waals surface area contributed by atoms with Gasteiger partial charge in [-0.05, 0) is 0 Å². The van der Waals surface area contributed by atoms with Crippen molar-refractivity contribution in [2.75, 3.05) is 0 Å². The van der Waals surface area contributed by atoms with E-state index in [1.54, 1.807) is 0 Å². The molecule has 0 saturated heterocycles. The molecular formula is C8H7W7-. The molecule has 0 aliphatic carbocycles. The van der Waals surface area contributed by atoms with E-state index in [2.05, 4.69) is 0 Å². The standard InChI is InChI=1S/C8H7.7W/c1-4-6-8(3)7-5-2;;;;;;;/h1-7H;;;;;;;/q-1;;;;;;;/b6-4-,7-5-;;;;;;;. The molecule has 0 aliphatic rings. The van der Waals surface area contributed by atoms with Crippen molar-refractivity contribution in [1.82, 2.24) is 0 Å². The Morgan fingerprint density at radius 2 is 1.00 bits per heavy atom. The molecule has 0 nitrogen and oxygen atoms in total. The van der Waals surface area contributed by atoms with Crippen molar-refractivity contribution in [3.63, 3.8) is 0 Å². The molecule has 0 heterocycles. The Bertz CT molecular complexity index is 175. The van der Waals surface area contributed by atoms with Crippen LogP contribution in [0.25, 0.3) is 0 Å². The van der Waals surface area contributed by atoms with E-state index in [-0.39, 0.29) is 105 Å². The largest absolute Gasteiger partial charge is 0 e. The predicted octanol–water partition coefficient (Wildman–Crippen LogP) is 1.14. The first-order valence-electron chi connectivity index (χ1n) is 2.67. The molecule has 15 heavy (non-hydrogen) atoms.